The number of hydrogen-bond acceptors (Lipinski definition) is 6. The van der Waals surface area contributed by atoms with Crippen LogP contribution in [0.4, 0.5) is 11.4 Å². The van der Waals surface area contributed by atoms with Gasteiger partial charge in [0.05, 0.1) is 38.0 Å². The van der Waals surface area contributed by atoms with Crippen LogP contribution in [0.2, 0.25) is 0 Å². The first-order chi connectivity index (χ1) is 9.69. The molecule has 1 aromatic rings. The van der Waals surface area contributed by atoms with E-state index in [1.165, 1.54) is 12.1 Å². The number of anilines is 1. The molecule has 0 aliphatic carbocycles. The van der Waals surface area contributed by atoms with Gasteiger partial charge in [-0.2, -0.15) is 0 Å². The Morgan fingerprint density at radius 3 is 2.55 bits per heavy atom. The van der Waals surface area contributed by atoms with Gasteiger partial charge in [0.2, 0.25) is 0 Å². The number of nitrogens with one attached hydrogen (secondary N) is 1. The van der Waals surface area contributed by atoms with Crippen molar-refractivity contribution in [3.63, 3.8) is 0 Å². The van der Waals surface area contributed by atoms with Crippen LogP contribution in [-0.2, 0) is 20.8 Å². The molecule has 0 fully saturated rings. The number of nitro groups is 1. The van der Waals surface area contributed by atoms with Crippen LogP contribution in [0.5, 0.6) is 0 Å². The predicted molar refractivity (Wildman–Crippen MR) is 75.0 cm³/mol. The number of nitro benzene ring substituents is 1. The molecule has 0 unspecified atom stereocenters. The number of benzene rings is 1. The van der Waals surface area contributed by atoms with Gasteiger partial charge >= 0.3 is 0 Å². The molecule has 0 saturated heterocycles. The van der Waals surface area contributed by atoms with Crippen molar-refractivity contribution in [3.8, 4) is 0 Å². The second-order valence-electron chi connectivity index (χ2n) is 4.01. The van der Waals surface area contributed by atoms with Crippen LogP contribution < -0.4 is 5.32 Å². The van der Waals surface area contributed by atoms with E-state index < -0.39 is 4.92 Å². The Hall–Kier alpha value is -1.70. The van der Waals surface area contributed by atoms with Crippen molar-refractivity contribution in [1.82, 2.24) is 0 Å². The zero-order valence-electron chi connectivity index (χ0n) is 11.8. The lowest BCUT2D eigenvalue weighted by atomic mass is 10.1. The van der Waals surface area contributed by atoms with E-state index in [-0.39, 0.29) is 5.69 Å². The molecule has 0 bridgehead atoms. The maximum absolute atomic E-state index is 10.7. The summed E-state index contributed by atoms with van der Waals surface area (Å²) in [6.45, 7) is 2.27. The summed E-state index contributed by atoms with van der Waals surface area (Å²) in [5.41, 5.74) is 1.62. The minimum Gasteiger partial charge on any atom is -0.388 e. The Labute approximate surface area is 118 Å². The highest BCUT2D eigenvalue weighted by Crippen LogP contribution is 2.22. The van der Waals surface area contributed by atoms with E-state index in [9.17, 15) is 10.1 Å². The van der Waals surface area contributed by atoms with Gasteiger partial charge in [-0.15, -0.1) is 0 Å². The predicted octanol–water partition coefficient (Wildman–Crippen LogP) is 1.82. The highest BCUT2D eigenvalue weighted by molar-refractivity contribution is 5.55. The second-order valence-corrected chi connectivity index (χ2v) is 4.01. The molecule has 0 atom stereocenters. The molecule has 1 aromatic carbocycles. The van der Waals surface area contributed by atoms with Gasteiger partial charge in [-0.1, -0.05) is 0 Å². The zero-order chi connectivity index (χ0) is 14.8. The van der Waals surface area contributed by atoms with Crippen molar-refractivity contribution < 1.29 is 19.1 Å². The largest absolute Gasteiger partial charge is 0.388 e. The number of methoxy groups -OCH3 is 1. The maximum Gasteiger partial charge on any atom is 0.269 e. The average molecular weight is 284 g/mol. The summed E-state index contributed by atoms with van der Waals surface area (Å²) in [6, 6.07) is 4.65. The Kier molecular flexibility index (Phi) is 7.56. The summed E-state index contributed by atoms with van der Waals surface area (Å²) < 4.78 is 15.6. The van der Waals surface area contributed by atoms with Gasteiger partial charge in [0.1, 0.15) is 0 Å². The fourth-order valence-corrected chi connectivity index (χ4v) is 1.60. The van der Waals surface area contributed by atoms with Crippen LogP contribution in [0.25, 0.3) is 0 Å². The molecule has 1 N–H and O–H groups in total. The van der Waals surface area contributed by atoms with Crippen LogP contribution in [0, 0.1) is 10.1 Å². The summed E-state index contributed by atoms with van der Waals surface area (Å²) in [7, 11) is 3.37. The van der Waals surface area contributed by atoms with Crippen molar-refractivity contribution in [1.29, 1.82) is 0 Å². The van der Waals surface area contributed by atoms with Crippen molar-refractivity contribution in [3.05, 3.63) is 33.9 Å². The van der Waals surface area contributed by atoms with Crippen molar-refractivity contribution >= 4 is 11.4 Å². The number of non-ortho nitro benzene ring substituents is 1. The Morgan fingerprint density at radius 1 is 1.20 bits per heavy atom. The van der Waals surface area contributed by atoms with Gasteiger partial charge in [-0.05, 0) is 6.07 Å². The third-order valence-electron chi connectivity index (χ3n) is 2.63. The van der Waals surface area contributed by atoms with E-state index in [0.29, 0.717) is 33.0 Å². The fraction of sp³-hybridized carbons (Fsp3) is 0.538. The zero-order valence-corrected chi connectivity index (χ0v) is 11.8. The highest BCUT2D eigenvalue weighted by atomic mass is 16.6. The monoisotopic (exact) mass is 284 g/mol. The van der Waals surface area contributed by atoms with Crippen LogP contribution in [0.3, 0.4) is 0 Å². The summed E-state index contributed by atoms with van der Waals surface area (Å²) in [6.07, 6.45) is 0. The summed E-state index contributed by atoms with van der Waals surface area (Å²) in [5, 5.41) is 13.7. The van der Waals surface area contributed by atoms with Gasteiger partial charge in [-0.25, -0.2) is 0 Å². The standard InChI is InChI=1S/C13H20N2O5/c1-14-13-4-3-12(15(16)17)9-11(13)10-20-8-7-19-6-5-18-2/h3-4,9,14H,5-8,10H2,1-2H3. The number of nitrogens with zero attached hydrogens (tertiary/aromatic N) is 1. The van der Waals surface area contributed by atoms with Gasteiger partial charge in [0, 0.05) is 37.5 Å². The van der Waals surface area contributed by atoms with E-state index in [4.69, 9.17) is 14.2 Å². The van der Waals surface area contributed by atoms with Crippen LogP contribution in [0.15, 0.2) is 18.2 Å². The molecular formula is C13H20N2O5. The number of rotatable bonds is 10. The fourth-order valence-electron chi connectivity index (χ4n) is 1.60. The smallest absolute Gasteiger partial charge is 0.269 e. The summed E-state index contributed by atoms with van der Waals surface area (Å²) >= 11 is 0. The molecule has 0 radical (unpaired) electrons. The topological polar surface area (TPSA) is 82.9 Å². The molecule has 0 amide bonds. The molecule has 0 aliphatic heterocycles. The minimum absolute atomic E-state index is 0.0546. The SMILES string of the molecule is CNc1ccc([N+](=O)[O-])cc1COCCOCCOC. The van der Waals surface area contributed by atoms with Crippen molar-refractivity contribution in [2.75, 3.05) is 45.9 Å². The molecular weight excluding hydrogens is 264 g/mol. The molecule has 0 heterocycles. The first-order valence-electron chi connectivity index (χ1n) is 6.28. The van der Waals surface area contributed by atoms with E-state index in [0.717, 1.165) is 11.3 Å². The van der Waals surface area contributed by atoms with Gasteiger partial charge in [-0.3, -0.25) is 10.1 Å². The second kappa shape index (κ2) is 9.24. The lowest BCUT2D eigenvalue weighted by Crippen LogP contribution is -2.09. The van der Waals surface area contributed by atoms with Gasteiger partial charge in [0.15, 0.2) is 0 Å². The van der Waals surface area contributed by atoms with E-state index in [1.54, 1.807) is 20.2 Å². The van der Waals surface area contributed by atoms with Crippen LogP contribution in [0.1, 0.15) is 5.56 Å². The Balaban J connectivity index is 2.41. The third-order valence-corrected chi connectivity index (χ3v) is 2.63. The number of hydrogen-bond donors (Lipinski definition) is 1. The third kappa shape index (κ3) is 5.52. The van der Waals surface area contributed by atoms with Crippen molar-refractivity contribution in [2.24, 2.45) is 0 Å². The Morgan fingerprint density at radius 2 is 1.90 bits per heavy atom. The Bertz CT molecular complexity index is 425. The molecule has 7 heteroatoms. The van der Waals surface area contributed by atoms with E-state index >= 15 is 0 Å². The first kappa shape index (κ1) is 16.4. The normalized spacial score (nSPS) is 10.5. The van der Waals surface area contributed by atoms with Gasteiger partial charge in [0.25, 0.3) is 5.69 Å². The summed E-state index contributed by atoms with van der Waals surface area (Å²) in [5.74, 6) is 0. The molecule has 0 saturated carbocycles. The van der Waals surface area contributed by atoms with E-state index in [1.807, 2.05) is 0 Å². The van der Waals surface area contributed by atoms with Gasteiger partial charge < -0.3 is 19.5 Å². The summed E-state index contributed by atoms with van der Waals surface area (Å²) in [4.78, 5) is 10.3. The van der Waals surface area contributed by atoms with E-state index in [2.05, 4.69) is 5.32 Å². The molecule has 1 rings (SSSR count). The lowest BCUT2D eigenvalue weighted by molar-refractivity contribution is -0.384. The molecule has 0 aliphatic rings. The highest BCUT2D eigenvalue weighted by Gasteiger charge is 2.10. The van der Waals surface area contributed by atoms with Crippen molar-refractivity contribution in [2.45, 2.75) is 6.61 Å². The lowest BCUT2D eigenvalue weighted by Gasteiger charge is -2.10. The molecule has 0 aromatic heterocycles. The number of ether oxygens (including phenoxy) is 3. The molecule has 112 valence electrons. The molecule has 7 nitrogen and oxygen atoms in total. The minimum atomic E-state index is -0.420. The average Bonchev–Trinajstić information content (AvgIpc) is 2.46. The molecule has 0 spiro atoms. The first-order valence-corrected chi connectivity index (χ1v) is 6.28. The van der Waals surface area contributed by atoms with Crippen LogP contribution >= 0.6 is 0 Å². The quantitative estimate of drug-likeness (QED) is 0.401. The van der Waals surface area contributed by atoms with Crippen LogP contribution in [-0.4, -0.2) is 45.5 Å². The molecule has 20 heavy (non-hydrogen) atoms. The maximum atomic E-state index is 10.7.